The van der Waals surface area contributed by atoms with Gasteiger partial charge in [0.05, 0.1) is 25.2 Å². The number of hydrogen-bond donors (Lipinski definition) is 3. The van der Waals surface area contributed by atoms with Crippen LogP contribution in [0.5, 0.6) is 0 Å². The van der Waals surface area contributed by atoms with E-state index in [4.69, 9.17) is 4.74 Å². The van der Waals surface area contributed by atoms with Gasteiger partial charge in [0.25, 0.3) is 0 Å². The minimum Gasteiger partial charge on any atom is -0.462 e. The maximum Gasteiger partial charge on any atom is 0.306 e. The number of carbonyl (C=O) groups excluding carboxylic acids is 2. The van der Waals surface area contributed by atoms with E-state index in [1.165, 1.54) is 180 Å². The second kappa shape index (κ2) is 58.2. The molecular formula is C65H117NO5. The third-order valence-corrected chi connectivity index (χ3v) is 13.8. The predicted molar refractivity (Wildman–Crippen MR) is 310 cm³/mol. The molecule has 3 N–H and O–H groups in total. The van der Waals surface area contributed by atoms with E-state index in [1.54, 1.807) is 0 Å². The Morgan fingerprint density at radius 3 is 1.14 bits per heavy atom. The number of aliphatic hydroxyl groups is 2. The first-order valence-corrected chi connectivity index (χ1v) is 30.7. The highest BCUT2D eigenvalue weighted by molar-refractivity contribution is 5.77. The fraction of sp³-hybridized carbons (Fsp3) is 0.785. The van der Waals surface area contributed by atoms with Gasteiger partial charge in [0, 0.05) is 6.42 Å². The Hall–Kier alpha value is -2.70. The van der Waals surface area contributed by atoms with Gasteiger partial charge in [-0.15, -0.1) is 0 Å². The molecule has 3 atom stereocenters. The standard InChI is InChI=1S/C65H117NO5/c1-4-7-10-13-16-19-22-25-28-31-32-34-37-40-43-46-49-52-55-58-65(70)71-61(56-53-50-47-44-41-38-35-33-29-26-23-20-17-14-11-8-5-2)59-64(69)66-62(60-67)63(68)57-54-51-48-45-42-39-36-30-27-24-21-18-15-12-9-6-3/h16-17,19-20,25-26,28-29,35,38,44,47,61-63,67-68H,4-15,18,21-24,27,30-34,36-37,39-43,45-46,48-60H2,1-3H3,(H,66,69)/b19-16-,20-17-,28-25-,29-26-,38-35-,47-44-. The van der Waals surface area contributed by atoms with E-state index in [1.807, 2.05) is 0 Å². The molecule has 0 radical (unpaired) electrons. The number of esters is 1. The molecule has 0 spiro atoms. The van der Waals surface area contributed by atoms with E-state index in [-0.39, 0.29) is 24.9 Å². The Kier molecular flexibility index (Phi) is 56.0. The molecule has 412 valence electrons. The Labute approximate surface area is 441 Å². The van der Waals surface area contributed by atoms with E-state index in [0.29, 0.717) is 19.3 Å². The van der Waals surface area contributed by atoms with Crippen molar-refractivity contribution in [2.75, 3.05) is 6.61 Å². The van der Waals surface area contributed by atoms with Crippen LogP contribution < -0.4 is 5.32 Å². The summed E-state index contributed by atoms with van der Waals surface area (Å²) in [5.41, 5.74) is 0. The van der Waals surface area contributed by atoms with Gasteiger partial charge in [-0.3, -0.25) is 9.59 Å². The minimum atomic E-state index is -0.807. The molecule has 0 aliphatic rings. The zero-order chi connectivity index (χ0) is 51.6. The number of carbonyl (C=O) groups is 2. The number of amides is 1. The number of unbranched alkanes of at least 4 members (excludes halogenated alkanes) is 31. The van der Waals surface area contributed by atoms with Crippen LogP contribution in [0.2, 0.25) is 0 Å². The smallest absolute Gasteiger partial charge is 0.306 e. The minimum absolute atomic E-state index is 0.0372. The van der Waals surface area contributed by atoms with Crippen LogP contribution in [0.15, 0.2) is 72.9 Å². The lowest BCUT2D eigenvalue weighted by Gasteiger charge is -2.24. The van der Waals surface area contributed by atoms with Crippen LogP contribution in [0.1, 0.15) is 303 Å². The van der Waals surface area contributed by atoms with Gasteiger partial charge >= 0.3 is 5.97 Å². The lowest BCUT2D eigenvalue weighted by Crippen LogP contribution is -2.46. The van der Waals surface area contributed by atoms with Crippen molar-refractivity contribution in [3.05, 3.63) is 72.9 Å². The van der Waals surface area contributed by atoms with Gasteiger partial charge in [-0.1, -0.05) is 267 Å². The van der Waals surface area contributed by atoms with E-state index in [2.05, 4.69) is 99.0 Å². The zero-order valence-corrected chi connectivity index (χ0v) is 47.1. The van der Waals surface area contributed by atoms with Gasteiger partial charge in [0.2, 0.25) is 5.91 Å². The number of hydrogen-bond acceptors (Lipinski definition) is 5. The lowest BCUT2D eigenvalue weighted by atomic mass is 10.0. The zero-order valence-electron chi connectivity index (χ0n) is 47.1. The Balaban J connectivity index is 4.63. The molecule has 6 heteroatoms. The summed E-state index contributed by atoms with van der Waals surface area (Å²) < 4.78 is 5.95. The summed E-state index contributed by atoms with van der Waals surface area (Å²) in [6.07, 6.45) is 75.4. The first-order valence-electron chi connectivity index (χ1n) is 30.7. The first-order chi connectivity index (χ1) is 35.0. The van der Waals surface area contributed by atoms with Crippen molar-refractivity contribution < 1.29 is 24.5 Å². The van der Waals surface area contributed by atoms with E-state index >= 15 is 0 Å². The number of ether oxygens (including phenoxy) is 1. The summed E-state index contributed by atoms with van der Waals surface area (Å²) in [5.74, 6) is -0.525. The molecular weight excluding hydrogens is 875 g/mol. The van der Waals surface area contributed by atoms with Crippen LogP contribution in [0, 0.1) is 0 Å². The highest BCUT2D eigenvalue weighted by Gasteiger charge is 2.24. The third kappa shape index (κ3) is 53.4. The first kappa shape index (κ1) is 68.3. The van der Waals surface area contributed by atoms with Gasteiger partial charge in [0.1, 0.15) is 6.10 Å². The summed E-state index contributed by atoms with van der Waals surface area (Å²) in [6, 6.07) is -0.724. The number of aliphatic hydroxyl groups excluding tert-OH is 2. The molecule has 0 saturated carbocycles. The third-order valence-electron chi connectivity index (χ3n) is 13.8. The molecule has 71 heavy (non-hydrogen) atoms. The second-order valence-electron chi connectivity index (χ2n) is 20.7. The molecule has 0 aromatic rings. The van der Waals surface area contributed by atoms with Crippen molar-refractivity contribution >= 4 is 11.9 Å². The molecule has 0 heterocycles. The van der Waals surface area contributed by atoms with Crippen molar-refractivity contribution in [1.29, 1.82) is 0 Å². The molecule has 0 rings (SSSR count). The van der Waals surface area contributed by atoms with E-state index in [0.717, 1.165) is 77.0 Å². The molecule has 0 aromatic heterocycles. The number of allylic oxidation sites excluding steroid dienone is 12. The summed E-state index contributed by atoms with van der Waals surface area (Å²) in [6.45, 7) is 6.45. The van der Waals surface area contributed by atoms with E-state index in [9.17, 15) is 19.8 Å². The normalized spacial score (nSPS) is 13.6. The van der Waals surface area contributed by atoms with E-state index < -0.39 is 18.2 Å². The molecule has 0 saturated heterocycles. The van der Waals surface area contributed by atoms with Crippen LogP contribution >= 0.6 is 0 Å². The van der Waals surface area contributed by atoms with Gasteiger partial charge in [-0.2, -0.15) is 0 Å². The van der Waals surface area contributed by atoms with Gasteiger partial charge in [0.15, 0.2) is 0 Å². The van der Waals surface area contributed by atoms with Crippen LogP contribution in [0.4, 0.5) is 0 Å². The summed E-state index contributed by atoms with van der Waals surface area (Å²) in [4.78, 5) is 26.3. The molecule has 3 unspecified atom stereocenters. The Morgan fingerprint density at radius 1 is 0.408 bits per heavy atom. The monoisotopic (exact) mass is 992 g/mol. The second-order valence-corrected chi connectivity index (χ2v) is 20.7. The molecule has 0 aromatic carbocycles. The van der Waals surface area contributed by atoms with Crippen molar-refractivity contribution in [2.45, 2.75) is 322 Å². The van der Waals surface area contributed by atoms with Crippen LogP contribution in [-0.2, 0) is 14.3 Å². The van der Waals surface area contributed by atoms with Crippen molar-refractivity contribution in [2.24, 2.45) is 0 Å². The molecule has 0 aliphatic heterocycles. The summed E-state index contributed by atoms with van der Waals surface area (Å²) in [5, 5.41) is 23.9. The maximum absolute atomic E-state index is 13.3. The fourth-order valence-corrected chi connectivity index (χ4v) is 9.10. The fourth-order valence-electron chi connectivity index (χ4n) is 9.10. The lowest BCUT2D eigenvalue weighted by molar-refractivity contribution is -0.151. The highest BCUT2D eigenvalue weighted by atomic mass is 16.5. The number of nitrogens with one attached hydrogen (secondary N) is 1. The topological polar surface area (TPSA) is 95.9 Å². The van der Waals surface area contributed by atoms with Crippen molar-refractivity contribution in [1.82, 2.24) is 5.32 Å². The summed E-state index contributed by atoms with van der Waals surface area (Å²) >= 11 is 0. The number of rotatable bonds is 55. The van der Waals surface area contributed by atoms with Gasteiger partial charge in [-0.25, -0.2) is 0 Å². The molecule has 6 nitrogen and oxygen atoms in total. The Bertz CT molecular complexity index is 1300. The highest BCUT2D eigenvalue weighted by Crippen LogP contribution is 2.18. The largest absolute Gasteiger partial charge is 0.462 e. The molecule has 0 aliphatic carbocycles. The average Bonchev–Trinajstić information content (AvgIpc) is 3.36. The van der Waals surface area contributed by atoms with Crippen molar-refractivity contribution in [3.63, 3.8) is 0 Å². The maximum atomic E-state index is 13.3. The van der Waals surface area contributed by atoms with Crippen LogP contribution in [-0.4, -0.2) is 46.9 Å². The Morgan fingerprint density at radius 2 is 0.732 bits per heavy atom. The summed E-state index contributed by atoms with van der Waals surface area (Å²) in [7, 11) is 0. The molecule has 0 bridgehead atoms. The van der Waals surface area contributed by atoms with Crippen LogP contribution in [0.25, 0.3) is 0 Å². The quantitative estimate of drug-likeness (QED) is 0.0321. The van der Waals surface area contributed by atoms with Crippen molar-refractivity contribution in [3.8, 4) is 0 Å². The average molecular weight is 993 g/mol. The molecule has 1 amide bonds. The predicted octanol–water partition coefficient (Wildman–Crippen LogP) is 19.3. The van der Waals surface area contributed by atoms with Gasteiger partial charge < -0.3 is 20.3 Å². The SMILES string of the molecule is CCCCC/C=C\C/C=C\C/C=C\C/C=C\CCCC(CC(=O)NC(CO)C(O)CCCCCCCCCCCCCCCCCC)OC(=O)CCCCCCCCCCC/C=C\C/C=C\CCCCC. The van der Waals surface area contributed by atoms with Gasteiger partial charge in [-0.05, 0) is 96.3 Å². The molecule has 0 fully saturated rings. The van der Waals surface area contributed by atoms with Crippen LogP contribution in [0.3, 0.4) is 0 Å².